The molecule has 0 radical (unpaired) electrons. The molecule has 0 spiro atoms. The Morgan fingerprint density at radius 1 is 1.15 bits per heavy atom. The van der Waals surface area contributed by atoms with Gasteiger partial charge in [-0.3, -0.25) is 20.4 Å². The van der Waals surface area contributed by atoms with Crippen molar-refractivity contribution in [3.63, 3.8) is 0 Å². The Labute approximate surface area is 156 Å². The van der Waals surface area contributed by atoms with Crippen LogP contribution in [0.25, 0.3) is 6.08 Å². The summed E-state index contributed by atoms with van der Waals surface area (Å²) in [5, 5.41) is 0.621. The predicted molar refractivity (Wildman–Crippen MR) is 100.0 cm³/mol. The lowest BCUT2D eigenvalue weighted by atomic mass is 10.2. The number of methoxy groups -OCH3 is 1. The molecule has 136 valence electrons. The molecule has 2 rings (SSSR count). The van der Waals surface area contributed by atoms with Crippen molar-refractivity contribution in [1.82, 2.24) is 10.9 Å². The van der Waals surface area contributed by atoms with Crippen LogP contribution in [0.15, 0.2) is 48.5 Å². The third-order valence-electron chi connectivity index (χ3n) is 3.38. The Morgan fingerprint density at radius 2 is 1.92 bits per heavy atom. The van der Waals surface area contributed by atoms with Crippen LogP contribution in [0.1, 0.15) is 11.1 Å². The van der Waals surface area contributed by atoms with Crippen molar-refractivity contribution in [2.45, 2.75) is 6.92 Å². The number of carbonyl (C=O) groups is 2. The number of nitrogens with one attached hydrogen (secondary N) is 2. The van der Waals surface area contributed by atoms with E-state index in [-0.39, 0.29) is 6.61 Å². The van der Waals surface area contributed by atoms with Crippen LogP contribution in [-0.2, 0) is 9.59 Å². The minimum atomic E-state index is -0.489. The highest BCUT2D eigenvalue weighted by molar-refractivity contribution is 6.31. The van der Waals surface area contributed by atoms with Gasteiger partial charge in [0.25, 0.3) is 11.8 Å². The molecule has 0 bridgehead atoms. The van der Waals surface area contributed by atoms with Crippen molar-refractivity contribution in [3.05, 3.63) is 64.7 Å². The van der Waals surface area contributed by atoms with Gasteiger partial charge in [0.15, 0.2) is 6.61 Å². The van der Waals surface area contributed by atoms with Crippen LogP contribution < -0.4 is 20.3 Å². The lowest BCUT2D eigenvalue weighted by Crippen LogP contribution is -2.43. The van der Waals surface area contributed by atoms with Crippen LogP contribution in [0.5, 0.6) is 11.5 Å². The first-order valence-electron chi connectivity index (χ1n) is 7.78. The maximum atomic E-state index is 11.8. The molecule has 2 aromatic carbocycles. The molecule has 0 aliphatic carbocycles. The van der Waals surface area contributed by atoms with Crippen LogP contribution in [-0.4, -0.2) is 25.5 Å². The largest absolute Gasteiger partial charge is 0.496 e. The molecule has 0 atom stereocenters. The predicted octanol–water partition coefficient (Wildman–Crippen LogP) is 2.90. The first-order valence-corrected chi connectivity index (χ1v) is 8.16. The average Bonchev–Trinajstić information content (AvgIpc) is 2.65. The first-order chi connectivity index (χ1) is 12.5. The van der Waals surface area contributed by atoms with Crippen molar-refractivity contribution in [3.8, 4) is 11.5 Å². The highest BCUT2D eigenvalue weighted by Gasteiger charge is 2.05. The summed E-state index contributed by atoms with van der Waals surface area (Å²) in [6.07, 6.45) is 2.88. The van der Waals surface area contributed by atoms with Crippen LogP contribution in [0.4, 0.5) is 0 Å². The van der Waals surface area contributed by atoms with Crippen LogP contribution >= 0.6 is 11.6 Å². The van der Waals surface area contributed by atoms with Crippen LogP contribution in [0, 0.1) is 6.92 Å². The zero-order valence-corrected chi connectivity index (χ0v) is 15.2. The van der Waals surface area contributed by atoms with Gasteiger partial charge in [-0.2, -0.15) is 0 Å². The molecule has 0 aromatic heterocycles. The molecule has 7 heteroatoms. The van der Waals surface area contributed by atoms with E-state index in [1.54, 1.807) is 37.5 Å². The first kappa shape index (κ1) is 19.3. The van der Waals surface area contributed by atoms with Gasteiger partial charge in [0.05, 0.1) is 7.11 Å². The van der Waals surface area contributed by atoms with Gasteiger partial charge in [0.1, 0.15) is 11.5 Å². The second-order valence-corrected chi connectivity index (χ2v) is 5.72. The van der Waals surface area contributed by atoms with Gasteiger partial charge in [-0.25, -0.2) is 0 Å². The summed E-state index contributed by atoms with van der Waals surface area (Å²) in [5.41, 5.74) is 6.15. The van der Waals surface area contributed by atoms with Crippen molar-refractivity contribution in [2.75, 3.05) is 13.7 Å². The van der Waals surface area contributed by atoms with Crippen molar-refractivity contribution < 1.29 is 19.1 Å². The molecule has 2 N–H and O–H groups in total. The Hall–Kier alpha value is -2.99. The van der Waals surface area contributed by atoms with Crippen LogP contribution in [0.3, 0.4) is 0 Å². The number of amides is 2. The zero-order chi connectivity index (χ0) is 18.9. The van der Waals surface area contributed by atoms with Crippen molar-refractivity contribution in [1.29, 1.82) is 0 Å². The number of aryl methyl sites for hydroxylation is 1. The molecule has 0 heterocycles. The number of rotatable bonds is 6. The number of hydrogen-bond donors (Lipinski definition) is 2. The van der Waals surface area contributed by atoms with E-state index in [1.807, 2.05) is 25.1 Å². The molecule has 0 unspecified atom stereocenters. The van der Waals surface area contributed by atoms with Gasteiger partial charge in [0, 0.05) is 16.7 Å². The molecule has 2 aromatic rings. The normalized spacial score (nSPS) is 10.4. The van der Waals surface area contributed by atoms with Gasteiger partial charge >= 0.3 is 0 Å². The summed E-state index contributed by atoms with van der Waals surface area (Å²) in [4.78, 5) is 23.5. The highest BCUT2D eigenvalue weighted by Crippen LogP contribution is 2.21. The Morgan fingerprint density at radius 3 is 2.65 bits per heavy atom. The maximum absolute atomic E-state index is 11.8. The number of carbonyl (C=O) groups excluding carboxylic acids is 2. The van der Waals surface area contributed by atoms with E-state index in [0.717, 1.165) is 11.1 Å². The van der Waals surface area contributed by atoms with E-state index in [0.29, 0.717) is 16.5 Å². The van der Waals surface area contributed by atoms with Gasteiger partial charge in [-0.05, 0) is 42.8 Å². The minimum absolute atomic E-state index is 0.239. The molecule has 0 saturated heterocycles. The molecular weight excluding hydrogens is 356 g/mol. The summed E-state index contributed by atoms with van der Waals surface area (Å²) in [5.74, 6) is 0.194. The molecule has 0 aliphatic heterocycles. The van der Waals surface area contributed by atoms with Gasteiger partial charge in [0.2, 0.25) is 0 Å². The Bertz CT molecular complexity index is 821. The summed E-state index contributed by atoms with van der Waals surface area (Å²) in [7, 11) is 1.55. The summed E-state index contributed by atoms with van der Waals surface area (Å²) in [6.45, 7) is 1.60. The molecule has 0 fully saturated rings. The van der Waals surface area contributed by atoms with Gasteiger partial charge in [-0.15, -0.1) is 0 Å². The fourth-order valence-electron chi connectivity index (χ4n) is 2.03. The molecule has 0 saturated carbocycles. The average molecular weight is 375 g/mol. The quantitative estimate of drug-likeness (QED) is 0.602. The summed E-state index contributed by atoms with van der Waals surface area (Å²) >= 11 is 5.92. The molecule has 26 heavy (non-hydrogen) atoms. The Kier molecular flexibility index (Phi) is 7.05. The molecular formula is C19H19ClN2O4. The smallest absolute Gasteiger partial charge is 0.276 e. The van der Waals surface area contributed by atoms with E-state index in [4.69, 9.17) is 21.1 Å². The number of halogens is 1. The number of benzene rings is 2. The SMILES string of the molecule is COc1ccccc1/C=C/C(=O)NNC(=O)COc1ccc(Cl)c(C)c1. The van der Waals surface area contributed by atoms with Gasteiger partial charge in [-0.1, -0.05) is 29.8 Å². The van der Waals surface area contributed by atoms with Crippen molar-refractivity contribution in [2.24, 2.45) is 0 Å². The van der Waals surface area contributed by atoms with E-state index < -0.39 is 11.8 Å². The zero-order valence-electron chi connectivity index (χ0n) is 14.4. The van der Waals surface area contributed by atoms with E-state index >= 15 is 0 Å². The third kappa shape index (κ3) is 5.82. The lowest BCUT2D eigenvalue weighted by molar-refractivity contribution is -0.128. The highest BCUT2D eigenvalue weighted by atomic mass is 35.5. The second kappa shape index (κ2) is 9.48. The fourth-order valence-corrected chi connectivity index (χ4v) is 2.15. The standard InChI is InChI=1S/C19H19ClN2O4/c1-13-11-15(8-9-16(13)20)26-12-19(24)22-21-18(23)10-7-14-5-3-4-6-17(14)25-2/h3-11H,12H2,1-2H3,(H,21,23)(H,22,24)/b10-7+. The number of hydrogen-bond acceptors (Lipinski definition) is 4. The van der Waals surface area contributed by atoms with E-state index in [9.17, 15) is 9.59 Å². The number of ether oxygens (including phenoxy) is 2. The second-order valence-electron chi connectivity index (χ2n) is 5.31. The fraction of sp³-hybridized carbons (Fsp3) is 0.158. The van der Waals surface area contributed by atoms with E-state index in [1.165, 1.54) is 6.08 Å². The third-order valence-corrected chi connectivity index (χ3v) is 3.80. The topological polar surface area (TPSA) is 76.7 Å². The minimum Gasteiger partial charge on any atom is -0.496 e. The summed E-state index contributed by atoms with van der Waals surface area (Å²) < 4.78 is 10.5. The summed E-state index contributed by atoms with van der Waals surface area (Å²) in [6, 6.07) is 12.3. The Balaban J connectivity index is 1.78. The monoisotopic (exact) mass is 374 g/mol. The molecule has 2 amide bonds. The van der Waals surface area contributed by atoms with Crippen LogP contribution in [0.2, 0.25) is 5.02 Å². The lowest BCUT2D eigenvalue weighted by Gasteiger charge is -2.08. The van der Waals surface area contributed by atoms with Gasteiger partial charge < -0.3 is 9.47 Å². The number of para-hydroxylation sites is 1. The van der Waals surface area contributed by atoms with Crippen molar-refractivity contribution >= 4 is 29.5 Å². The number of hydrazine groups is 1. The van der Waals surface area contributed by atoms with E-state index in [2.05, 4.69) is 10.9 Å². The maximum Gasteiger partial charge on any atom is 0.276 e. The molecule has 0 aliphatic rings. The molecule has 6 nitrogen and oxygen atoms in total.